The van der Waals surface area contributed by atoms with Gasteiger partial charge in [-0.3, -0.25) is 19.4 Å². The molecule has 0 fully saturated rings. The first-order valence-electron chi connectivity index (χ1n) is 12.7. The molecule has 0 amide bonds. The number of anilines is 1. The molecule has 0 aliphatic heterocycles. The Kier molecular flexibility index (Phi) is 8.03. The van der Waals surface area contributed by atoms with Crippen molar-refractivity contribution in [2.75, 3.05) is 11.9 Å². The molecule has 0 N–H and O–H groups in total. The molecule has 5 rings (SSSR count). The molecule has 5 aromatic rings. The third-order valence-electron chi connectivity index (χ3n) is 6.28. The van der Waals surface area contributed by atoms with Gasteiger partial charge in [0.2, 0.25) is 5.78 Å². The lowest BCUT2D eigenvalue weighted by Gasteiger charge is -2.22. The van der Waals surface area contributed by atoms with Crippen LogP contribution in [0.5, 0.6) is 0 Å². The Hall–Kier alpha value is -3.93. The van der Waals surface area contributed by atoms with Crippen LogP contribution < -0.4 is 10.5 Å². The highest BCUT2D eigenvalue weighted by atomic mass is 35.5. The molecule has 5 heterocycles. The Morgan fingerprint density at radius 3 is 2.49 bits per heavy atom. The Balaban J connectivity index is 1.67. The van der Waals surface area contributed by atoms with Crippen molar-refractivity contribution in [2.45, 2.75) is 33.9 Å². The molecule has 0 spiro atoms. The van der Waals surface area contributed by atoms with Crippen molar-refractivity contribution in [1.29, 1.82) is 0 Å². The third-order valence-corrected chi connectivity index (χ3v) is 8.31. The number of hydrogen-bond acceptors (Lipinski definition) is 9. The van der Waals surface area contributed by atoms with E-state index < -0.39 is 11.0 Å². The van der Waals surface area contributed by atoms with Gasteiger partial charge in [-0.05, 0) is 30.3 Å². The fourth-order valence-corrected chi connectivity index (χ4v) is 5.96. The number of thiophene rings is 1. The lowest BCUT2D eigenvalue weighted by molar-refractivity contribution is 0.0751. The summed E-state index contributed by atoms with van der Waals surface area (Å²) in [5.74, 6) is 0.0107. The number of pyridine rings is 2. The zero-order chi connectivity index (χ0) is 29.3. The Labute approximate surface area is 249 Å². The van der Waals surface area contributed by atoms with E-state index in [2.05, 4.69) is 9.97 Å². The second-order valence-electron chi connectivity index (χ2n) is 10.4. The molecule has 0 bridgehead atoms. The lowest BCUT2D eigenvalue weighted by Crippen LogP contribution is -2.31. The second kappa shape index (κ2) is 11.5. The minimum Gasteiger partial charge on any atom is -0.354 e. The van der Waals surface area contributed by atoms with E-state index in [0.717, 1.165) is 4.88 Å². The minimum atomic E-state index is -0.744. The molecule has 9 nitrogen and oxygen atoms in total. The van der Waals surface area contributed by atoms with Crippen molar-refractivity contribution in [3.63, 3.8) is 0 Å². The van der Waals surface area contributed by atoms with Gasteiger partial charge in [0, 0.05) is 52.9 Å². The van der Waals surface area contributed by atoms with E-state index in [4.69, 9.17) is 16.7 Å². The molecular formula is C29H27ClN6O3S2. The molecule has 0 atom stereocenters. The maximum Gasteiger partial charge on any atom is 0.261 e. The second-order valence-corrected chi connectivity index (χ2v) is 13.1. The molecule has 0 saturated heterocycles. The molecule has 0 unspecified atom stereocenters. The number of aromatic nitrogens is 5. The van der Waals surface area contributed by atoms with Crippen molar-refractivity contribution >= 4 is 51.8 Å². The Bertz CT molecular complexity index is 1770. The van der Waals surface area contributed by atoms with Gasteiger partial charge in [-0.1, -0.05) is 38.4 Å². The largest absolute Gasteiger partial charge is 0.354 e. The number of halogens is 1. The highest BCUT2D eigenvalue weighted by molar-refractivity contribution is 7.16. The first-order valence-corrected chi connectivity index (χ1v) is 14.8. The summed E-state index contributed by atoms with van der Waals surface area (Å²) in [5, 5.41) is 6.74. The molecule has 0 aliphatic rings. The summed E-state index contributed by atoms with van der Waals surface area (Å²) in [5.41, 5.74) is 0.484. The number of thiazole rings is 1. The predicted octanol–water partition coefficient (Wildman–Crippen LogP) is 6.15. The van der Waals surface area contributed by atoms with Gasteiger partial charge in [0.1, 0.15) is 11.5 Å². The van der Waals surface area contributed by atoms with Crippen LogP contribution in [0.1, 0.15) is 40.2 Å². The van der Waals surface area contributed by atoms with Crippen LogP contribution in [-0.2, 0) is 13.1 Å². The monoisotopic (exact) mass is 606 g/mol. The van der Waals surface area contributed by atoms with Crippen LogP contribution in [0.2, 0.25) is 4.34 Å². The first kappa shape index (κ1) is 28.6. The van der Waals surface area contributed by atoms with Crippen molar-refractivity contribution in [3.05, 3.63) is 91.0 Å². The zero-order valence-corrected chi connectivity index (χ0v) is 25.3. The average Bonchev–Trinajstić information content (AvgIpc) is 3.71. The van der Waals surface area contributed by atoms with Gasteiger partial charge in [0.25, 0.3) is 11.5 Å². The topological polar surface area (TPSA) is 103 Å². The molecule has 0 saturated carbocycles. The van der Waals surface area contributed by atoms with Crippen molar-refractivity contribution in [2.24, 2.45) is 5.41 Å². The summed E-state index contributed by atoms with van der Waals surface area (Å²) in [7, 11) is 1.86. The van der Waals surface area contributed by atoms with Gasteiger partial charge in [-0.2, -0.15) is 9.78 Å². The highest BCUT2D eigenvalue weighted by Gasteiger charge is 2.30. The summed E-state index contributed by atoms with van der Waals surface area (Å²) in [4.78, 5) is 51.9. The van der Waals surface area contributed by atoms with Crippen LogP contribution >= 0.6 is 34.3 Å². The number of ketones is 1. The van der Waals surface area contributed by atoms with Crippen LogP contribution in [0.3, 0.4) is 0 Å². The van der Waals surface area contributed by atoms with Gasteiger partial charge in [0.15, 0.2) is 5.01 Å². The zero-order valence-electron chi connectivity index (χ0n) is 22.9. The standard InChI is InChI=1S/C29H27ClN6O3S2/c1-29(2,3)28(39)36-24(34(4)16-18-8-9-23(30)41-18)15-21(33-36)25-19(20-7-5-6-11-31-20)10-13-35(27(25)38)17-22(37)26-32-12-14-40-26/h5-15H,16-17H2,1-4H3. The van der Waals surface area contributed by atoms with Crippen LogP contribution in [0.15, 0.2) is 71.2 Å². The SMILES string of the molecule is CN(Cc1ccc(Cl)s1)c1cc(-c2c(-c3ccccn3)ccn(CC(=O)c3nccs3)c2=O)nn1C(=O)C(C)(C)C. The number of carbonyl (C=O) groups is 2. The molecule has 41 heavy (non-hydrogen) atoms. The van der Waals surface area contributed by atoms with Gasteiger partial charge in [-0.15, -0.1) is 22.7 Å². The van der Waals surface area contributed by atoms with Crippen LogP contribution in [0.4, 0.5) is 5.82 Å². The molecule has 210 valence electrons. The number of nitrogens with zero attached hydrogens (tertiary/aromatic N) is 6. The van der Waals surface area contributed by atoms with Crippen LogP contribution in [0.25, 0.3) is 22.5 Å². The summed E-state index contributed by atoms with van der Waals surface area (Å²) in [6.07, 6.45) is 4.77. The summed E-state index contributed by atoms with van der Waals surface area (Å²) in [6, 6.07) is 12.7. The predicted molar refractivity (Wildman–Crippen MR) is 163 cm³/mol. The summed E-state index contributed by atoms with van der Waals surface area (Å²) >= 11 is 8.82. The van der Waals surface area contributed by atoms with Crippen molar-refractivity contribution in [3.8, 4) is 22.5 Å². The van der Waals surface area contributed by atoms with Crippen LogP contribution in [-0.4, -0.2) is 43.1 Å². The molecule has 0 aromatic carbocycles. The van der Waals surface area contributed by atoms with Gasteiger partial charge < -0.3 is 9.47 Å². The molecule has 0 aliphatic carbocycles. The molecule has 12 heteroatoms. The van der Waals surface area contributed by atoms with E-state index in [1.165, 1.54) is 31.9 Å². The van der Waals surface area contributed by atoms with E-state index in [0.29, 0.717) is 38.7 Å². The lowest BCUT2D eigenvalue weighted by atomic mass is 9.96. The number of rotatable bonds is 8. The van der Waals surface area contributed by atoms with E-state index >= 15 is 0 Å². The van der Waals surface area contributed by atoms with Gasteiger partial charge in [-0.25, -0.2) is 4.98 Å². The average molecular weight is 607 g/mol. The van der Waals surface area contributed by atoms with E-state index in [1.54, 1.807) is 48.2 Å². The van der Waals surface area contributed by atoms with E-state index in [-0.39, 0.29) is 23.8 Å². The minimum absolute atomic E-state index is 0.185. The third kappa shape index (κ3) is 6.07. The summed E-state index contributed by atoms with van der Waals surface area (Å²) in [6.45, 7) is 5.75. The quantitative estimate of drug-likeness (QED) is 0.195. The molecule has 5 aromatic heterocycles. The highest BCUT2D eigenvalue weighted by Crippen LogP contribution is 2.32. The maximum atomic E-state index is 14.0. The van der Waals surface area contributed by atoms with Gasteiger partial charge >= 0.3 is 0 Å². The van der Waals surface area contributed by atoms with Gasteiger partial charge in [0.05, 0.1) is 28.7 Å². The van der Waals surface area contributed by atoms with Crippen molar-refractivity contribution in [1.82, 2.24) is 24.3 Å². The molecule has 0 radical (unpaired) electrons. The first-order chi connectivity index (χ1) is 19.5. The maximum absolute atomic E-state index is 14.0. The fourth-order valence-electron chi connectivity index (χ4n) is 4.25. The number of carbonyl (C=O) groups excluding carboxylic acids is 2. The smallest absolute Gasteiger partial charge is 0.261 e. The normalized spacial score (nSPS) is 11.5. The Morgan fingerprint density at radius 2 is 1.85 bits per heavy atom. The Morgan fingerprint density at radius 1 is 1.05 bits per heavy atom. The molecular weight excluding hydrogens is 580 g/mol. The van der Waals surface area contributed by atoms with E-state index in [1.807, 2.05) is 50.9 Å². The summed E-state index contributed by atoms with van der Waals surface area (Å²) < 4.78 is 3.36. The fraction of sp³-hybridized carbons (Fsp3) is 0.241. The number of hydrogen-bond donors (Lipinski definition) is 0. The van der Waals surface area contributed by atoms with Crippen LogP contribution in [0, 0.1) is 5.41 Å². The van der Waals surface area contributed by atoms with E-state index in [9.17, 15) is 14.4 Å². The number of Topliss-reactive ketones (excluding diaryl/α,β-unsaturated/α-hetero) is 1. The van der Waals surface area contributed by atoms with Crippen molar-refractivity contribution < 1.29 is 9.59 Å².